The van der Waals surface area contributed by atoms with Crippen molar-refractivity contribution in [2.24, 2.45) is 5.73 Å². The molecule has 90 valence electrons. The summed E-state index contributed by atoms with van der Waals surface area (Å²) in [4.78, 5) is 0.666. The van der Waals surface area contributed by atoms with Gasteiger partial charge in [-0.1, -0.05) is 6.07 Å². The number of hydrogen-bond acceptors (Lipinski definition) is 3. The van der Waals surface area contributed by atoms with E-state index in [1.165, 1.54) is 11.3 Å². The first-order valence-electron chi connectivity index (χ1n) is 5.02. The highest BCUT2D eigenvalue weighted by Crippen LogP contribution is 2.26. The fourth-order valence-corrected chi connectivity index (χ4v) is 2.26. The topological polar surface area (TPSA) is 49.8 Å². The molecule has 0 saturated heterocycles. The molecule has 5 heteroatoms. The van der Waals surface area contributed by atoms with E-state index < -0.39 is 11.6 Å². The van der Waals surface area contributed by atoms with Crippen LogP contribution in [0.2, 0.25) is 0 Å². The van der Waals surface area contributed by atoms with E-state index >= 15 is 0 Å². The minimum absolute atomic E-state index is 0.0679. The summed E-state index contributed by atoms with van der Waals surface area (Å²) >= 11 is 1.34. The molecule has 0 radical (unpaired) electrons. The standard InChI is InChI=1S/C13H8F2N2S/c14-9-4-8(5-10(15)6-9)13(17)11(7-16)12-2-1-3-18-12/h1-6H,17H2/b13-11-. The summed E-state index contributed by atoms with van der Waals surface area (Å²) in [5.74, 6) is -1.45. The first-order valence-corrected chi connectivity index (χ1v) is 5.90. The predicted molar refractivity (Wildman–Crippen MR) is 67.3 cm³/mol. The molecular formula is C13H8F2N2S. The zero-order chi connectivity index (χ0) is 13.1. The van der Waals surface area contributed by atoms with Gasteiger partial charge in [0, 0.05) is 16.5 Å². The minimum Gasteiger partial charge on any atom is -0.397 e. The molecule has 2 N–H and O–H groups in total. The van der Waals surface area contributed by atoms with Crippen LogP contribution in [0.5, 0.6) is 0 Å². The van der Waals surface area contributed by atoms with Crippen molar-refractivity contribution in [1.82, 2.24) is 0 Å². The van der Waals surface area contributed by atoms with E-state index in [2.05, 4.69) is 0 Å². The Morgan fingerprint density at radius 2 is 1.89 bits per heavy atom. The van der Waals surface area contributed by atoms with Crippen LogP contribution in [0.1, 0.15) is 10.4 Å². The fraction of sp³-hybridized carbons (Fsp3) is 0. The highest BCUT2D eigenvalue weighted by Gasteiger charge is 2.11. The average Bonchev–Trinajstić information content (AvgIpc) is 2.82. The highest BCUT2D eigenvalue weighted by atomic mass is 32.1. The third kappa shape index (κ3) is 2.39. The largest absolute Gasteiger partial charge is 0.397 e. The third-order valence-electron chi connectivity index (χ3n) is 2.32. The number of hydrogen-bond donors (Lipinski definition) is 1. The van der Waals surface area contributed by atoms with E-state index in [9.17, 15) is 8.78 Å². The maximum Gasteiger partial charge on any atom is 0.126 e. The van der Waals surface area contributed by atoms with Crippen molar-refractivity contribution >= 4 is 22.6 Å². The second-order valence-electron chi connectivity index (χ2n) is 3.54. The lowest BCUT2D eigenvalue weighted by Crippen LogP contribution is -2.01. The Kier molecular flexibility index (Phi) is 3.40. The number of nitrogens with zero attached hydrogens (tertiary/aromatic N) is 1. The summed E-state index contributed by atoms with van der Waals surface area (Å²) in [5, 5.41) is 10.9. The molecule has 2 aromatic rings. The van der Waals surface area contributed by atoms with Crippen LogP contribution in [0.25, 0.3) is 11.3 Å². The Balaban J connectivity index is 2.58. The molecule has 1 aromatic carbocycles. The Bertz CT molecular complexity index is 619. The van der Waals surface area contributed by atoms with E-state index in [0.29, 0.717) is 4.88 Å². The normalized spacial score (nSPS) is 11.8. The van der Waals surface area contributed by atoms with Gasteiger partial charge in [0.15, 0.2) is 0 Å². The summed E-state index contributed by atoms with van der Waals surface area (Å²) < 4.78 is 26.2. The van der Waals surface area contributed by atoms with E-state index in [4.69, 9.17) is 11.0 Å². The third-order valence-corrected chi connectivity index (χ3v) is 3.21. The molecule has 0 aliphatic rings. The molecule has 0 spiro atoms. The molecule has 0 amide bonds. The second-order valence-corrected chi connectivity index (χ2v) is 4.48. The van der Waals surface area contributed by atoms with Crippen molar-refractivity contribution in [3.8, 4) is 6.07 Å². The monoisotopic (exact) mass is 262 g/mol. The predicted octanol–water partition coefficient (Wildman–Crippen LogP) is 3.38. The second kappa shape index (κ2) is 4.98. The molecule has 0 atom stereocenters. The number of allylic oxidation sites excluding steroid dienone is 1. The SMILES string of the molecule is N#C/C(=C(/N)c1cc(F)cc(F)c1)c1cccs1. The zero-order valence-corrected chi connectivity index (χ0v) is 9.97. The number of benzene rings is 1. The van der Waals surface area contributed by atoms with Gasteiger partial charge in [-0.2, -0.15) is 5.26 Å². The maximum absolute atomic E-state index is 13.1. The van der Waals surface area contributed by atoms with Crippen LogP contribution in [-0.4, -0.2) is 0 Å². The Morgan fingerprint density at radius 1 is 1.22 bits per heavy atom. The van der Waals surface area contributed by atoms with Crippen molar-refractivity contribution in [3.05, 3.63) is 57.8 Å². The molecule has 0 fully saturated rings. The Labute approximate surface area is 107 Å². The molecule has 0 bridgehead atoms. The molecule has 2 nitrogen and oxygen atoms in total. The molecule has 1 heterocycles. The summed E-state index contributed by atoms with van der Waals surface area (Å²) in [6, 6.07) is 8.42. The van der Waals surface area contributed by atoms with Gasteiger partial charge in [0.2, 0.25) is 0 Å². The first kappa shape index (κ1) is 12.3. The first-order chi connectivity index (χ1) is 8.61. The Morgan fingerprint density at radius 3 is 2.39 bits per heavy atom. The maximum atomic E-state index is 13.1. The van der Waals surface area contributed by atoms with Crippen molar-refractivity contribution in [3.63, 3.8) is 0 Å². The molecule has 0 aliphatic carbocycles. The average molecular weight is 262 g/mol. The molecule has 1 aromatic heterocycles. The molecular weight excluding hydrogens is 254 g/mol. The highest BCUT2D eigenvalue weighted by molar-refractivity contribution is 7.11. The van der Waals surface area contributed by atoms with Gasteiger partial charge in [0.25, 0.3) is 0 Å². The van der Waals surface area contributed by atoms with Crippen LogP contribution < -0.4 is 5.73 Å². The van der Waals surface area contributed by atoms with Gasteiger partial charge in [0.05, 0.1) is 11.3 Å². The number of nitriles is 1. The Hall–Kier alpha value is -2.19. The van der Waals surface area contributed by atoms with E-state index in [1.807, 2.05) is 6.07 Å². The van der Waals surface area contributed by atoms with Gasteiger partial charge in [-0.15, -0.1) is 11.3 Å². The summed E-state index contributed by atoms with van der Waals surface area (Å²) in [7, 11) is 0. The quantitative estimate of drug-likeness (QED) is 0.843. The van der Waals surface area contributed by atoms with Crippen molar-refractivity contribution in [1.29, 1.82) is 5.26 Å². The van der Waals surface area contributed by atoms with Crippen LogP contribution in [-0.2, 0) is 0 Å². The molecule has 2 rings (SSSR count). The lowest BCUT2D eigenvalue weighted by Gasteiger charge is -2.05. The van der Waals surface area contributed by atoms with Crippen LogP contribution >= 0.6 is 11.3 Å². The number of rotatable bonds is 2. The van der Waals surface area contributed by atoms with Gasteiger partial charge in [0.1, 0.15) is 17.7 Å². The van der Waals surface area contributed by atoms with E-state index in [0.717, 1.165) is 18.2 Å². The zero-order valence-electron chi connectivity index (χ0n) is 9.15. The molecule has 0 unspecified atom stereocenters. The number of halogens is 2. The van der Waals surface area contributed by atoms with Crippen LogP contribution in [0, 0.1) is 23.0 Å². The smallest absolute Gasteiger partial charge is 0.126 e. The summed E-state index contributed by atoms with van der Waals surface area (Å²) in [6.45, 7) is 0. The summed E-state index contributed by atoms with van der Waals surface area (Å²) in [6.07, 6.45) is 0. The van der Waals surface area contributed by atoms with Crippen molar-refractivity contribution in [2.45, 2.75) is 0 Å². The minimum atomic E-state index is -0.726. The van der Waals surface area contributed by atoms with Gasteiger partial charge >= 0.3 is 0 Å². The van der Waals surface area contributed by atoms with Gasteiger partial charge in [-0.3, -0.25) is 0 Å². The van der Waals surface area contributed by atoms with Crippen LogP contribution in [0.4, 0.5) is 8.78 Å². The van der Waals surface area contributed by atoms with Crippen molar-refractivity contribution < 1.29 is 8.78 Å². The molecule has 18 heavy (non-hydrogen) atoms. The van der Waals surface area contributed by atoms with E-state index in [-0.39, 0.29) is 16.8 Å². The van der Waals surface area contributed by atoms with Crippen LogP contribution in [0.15, 0.2) is 35.7 Å². The van der Waals surface area contributed by atoms with Gasteiger partial charge in [-0.05, 0) is 23.6 Å². The number of nitrogens with two attached hydrogens (primary N) is 1. The van der Waals surface area contributed by atoms with E-state index in [1.54, 1.807) is 17.5 Å². The lowest BCUT2D eigenvalue weighted by molar-refractivity contribution is 0.582. The van der Waals surface area contributed by atoms with Crippen LogP contribution in [0.3, 0.4) is 0 Å². The molecule has 0 saturated carbocycles. The number of thiophene rings is 1. The molecule has 0 aliphatic heterocycles. The van der Waals surface area contributed by atoms with Crippen molar-refractivity contribution in [2.75, 3.05) is 0 Å². The fourth-order valence-electron chi connectivity index (χ4n) is 1.52. The van der Waals surface area contributed by atoms with Gasteiger partial charge in [-0.25, -0.2) is 8.78 Å². The van der Waals surface area contributed by atoms with Gasteiger partial charge < -0.3 is 5.73 Å². The summed E-state index contributed by atoms with van der Waals surface area (Å²) in [5.41, 5.74) is 6.26. The lowest BCUT2D eigenvalue weighted by atomic mass is 10.1.